The molecule has 0 rings (SSSR count). The molecule has 1 atom stereocenters. The van der Waals surface area contributed by atoms with Gasteiger partial charge in [0, 0.05) is 6.16 Å². The Bertz CT molecular complexity index is 228. The smallest absolute Gasteiger partial charge is 0.238 e. The first kappa shape index (κ1) is 11.6. The lowest BCUT2D eigenvalue weighted by atomic mass is 10.5. The first-order chi connectivity index (χ1) is 5.64. The van der Waals surface area contributed by atoms with Crippen LogP contribution in [0.2, 0.25) is 0 Å². The summed E-state index contributed by atoms with van der Waals surface area (Å²) in [6.07, 6.45) is 0.827. The Kier molecular flexibility index (Phi) is 5.16. The van der Waals surface area contributed by atoms with E-state index in [4.69, 9.17) is 4.52 Å². The van der Waals surface area contributed by atoms with Crippen molar-refractivity contribution in [3.05, 3.63) is 5.31 Å². The van der Waals surface area contributed by atoms with Gasteiger partial charge >= 0.3 is 0 Å². The molecule has 0 amide bonds. The van der Waals surface area contributed by atoms with Gasteiger partial charge in [0.2, 0.25) is 7.37 Å². The second-order valence-corrected chi connectivity index (χ2v) is 5.09. The van der Waals surface area contributed by atoms with Crippen LogP contribution in [-0.4, -0.2) is 18.7 Å². The highest BCUT2D eigenvalue weighted by Crippen LogP contribution is 2.54. The Morgan fingerprint density at radius 2 is 2.00 bits per heavy atom. The largest absolute Gasteiger partial charge is 0.325 e. The van der Waals surface area contributed by atoms with Gasteiger partial charge in [-0.25, -0.2) is 4.79 Å². The van der Waals surface area contributed by atoms with E-state index in [9.17, 15) is 9.36 Å². The van der Waals surface area contributed by atoms with Crippen molar-refractivity contribution in [3.8, 4) is 0 Å². The van der Waals surface area contributed by atoms with Gasteiger partial charge in [0.25, 0.3) is 0 Å². The van der Waals surface area contributed by atoms with Gasteiger partial charge in [-0.1, -0.05) is 13.8 Å². The van der Waals surface area contributed by atoms with Crippen LogP contribution in [0.5, 0.6) is 0 Å². The number of rotatable bonds is 5. The van der Waals surface area contributed by atoms with Gasteiger partial charge in [-0.15, -0.1) is 0 Å². The Labute approximate surface area is 73.3 Å². The van der Waals surface area contributed by atoms with E-state index in [-0.39, 0.29) is 5.31 Å². The molecule has 0 aromatic rings. The van der Waals surface area contributed by atoms with Crippen molar-refractivity contribution in [3.63, 3.8) is 0 Å². The summed E-state index contributed by atoms with van der Waals surface area (Å²) in [5, 5.41) is 0.284. The molecule has 0 saturated carbocycles. The molecule has 0 aliphatic carbocycles. The summed E-state index contributed by atoms with van der Waals surface area (Å²) in [6.45, 7) is 5.67. The average Bonchev–Trinajstić information content (AvgIpc) is 2.07. The standard InChI is InChI=1S/C8H15O3P/c1-4-8(7-9)12(10,6-3)11-5-2/h4-6H2,1-3H3. The van der Waals surface area contributed by atoms with Crippen LogP contribution in [0.4, 0.5) is 0 Å². The molecule has 3 nitrogen and oxygen atoms in total. The van der Waals surface area contributed by atoms with E-state index in [0.717, 1.165) is 0 Å². The van der Waals surface area contributed by atoms with Crippen molar-refractivity contribution in [2.75, 3.05) is 12.8 Å². The molecule has 1 unspecified atom stereocenters. The molecule has 0 N–H and O–H groups in total. The van der Waals surface area contributed by atoms with Crippen molar-refractivity contribution in [1.29, 1.82) is 0 Å². The fourth-order valence-corrected chi connectivity index (χ4v) is 2.71. The quantitative estimate of drug-likeness (QED) is 0.494. The Morgan fingerprint density at radius 3 is 2.25 bits per heavy atom. The molecule has 0 aliphatic rings. The maximum atomic E-state index is 11.8. The molecule has 0 fully saturated rings. The van der Waals surface area contributed by atoms with E-state index in [1.807, 2.05) is 0 Å². The summed E-state index contributed by atoms with van der Waals surface area (Å²) in [7, 11) is -2.82. The van der Waals surface area contributed by atoms with Gasteiger partial charge in [-0.3, -0.25) is 4.57 Å². The molecule has 0 bridgehead atoms. The van der Waals surface area contributed by atoms with Gasteiger partial charge in [-0.2, -0.15) is 0 Å². The lowest BCUT2D eigenvalue weighted by Crippen LogP contribution is -1.96. The number of allylic oxidation sites excluding steroid dienone is 1. The van der Waals surface area contributed by atoms with Gasteiger partial charge in [0.1, 0.15) is 5.94 Å². The summed E-state index contributed by atoms with van der Waals surface area (Å²) in [5.41, 5.74) is 0. The van der Waals surface area contributed by atoms with Crippen LogP contribution < -0.4 is 0 Å². The third kappa shape index (κ3) is 2.60. The van der Waals surface area contributed by atoms with E-state index in [2.05, 4.69) is 0 Å². The highest BCUT2D eigenvalue weighted by atomic mass is 31.2. The summed E-state index contributed by atoms with van der Waals surface area (Å²) in [4.78, 5) is 10.4. The summed E-state index contributed by atoms with van der Waals surface area (Å²) < 4.78 is 16.9. The Balaban J connectivity index is 4.73. The van der Waals surface area contributed by atoms with Crippen molar-refractivity contribution in [1.82, 2.24) is 0 Å². The monoisotopic (exact) mass is 190 g/mol. The molecule has 0 radical (unpaired) electrons. The van der Waals surface area contributed by atoms with Crippen molar-refractivity contribution >= 4 is 13.3 Å². The van der Waals surface area contributed by atoms with Crippen LogP contribution in [0.3, 0.4) is 0 Å². The average molecular weight is 190 g/mol. The van der Waals surface area contributed by atoms with Crippen LogP contribution in [0.25, 0.3) is 0 Å². The van der Waals surface area contributed by atoms with Crippen LogP contribution in [0, 0.1) is 0 Å². The molecule has 0 heterocycles. The zero-order valence-corrected chi connectivity index (χ0v) is 8.69. The molecular formula is C8H15O3P. The molecule has 0 aromatic carbocycles. The zero-order valence-electron chi connectivity index (χ0n) is 7.79. The van der Waals surface area contributed by atoms with E-state index in [0.29, 0.717) is 19.2 Å². The molecular weight excluding hydrogens is 175 g/mol. The van der Waals surface area contributed by atoms with Gasteiger partial charge in [0.05, 0.1) is 11.9 Å². The zero-order chi connectivity index (χ0) is 9.61. The highest BCUT2D eigenvalue weighted by molar-refractivity contribution is 7.63. The van der Waals surface area contributed by atoms with E-state index in [1.54, 1.807) is 26.7 Å². The topological polar surface area (TPSA) is 43.4 Å². The summed E-state index contributed by atoms with van der Waals surface area (Å²) in [6, 6.07) is 0. The Morgan fingerprint density at radius 1 is 1.42 bits per heavy atom. The van der Waals surface area contributed by atoms with Crippen LogP contribution in [0.15, 0.2) is 5.31 Å². The van der Waals surface area contributed by atoms with Gasteiger partial charge < -0.3 is 4.52 Å². The first-order valence-corrected chi connectivity index (χ1v) is 5.93. The van der Waals surface area contributed by atoms with Crippen LogP contribution in [-0.2, 0) is 13.9 Å². The third-order valence-electron chi connectivity index (χ3n) is 1.62. The minimum Gasteiger partial charge on any atom is -0.325 e. The second kappa shape index (κ2) is 5.31. The molecule has 0 saturated heterocycles. The van der Waals surface area contributed by atoms with Gasteiger partial charge in [0.15, 0.2) is 0 Å². The number of carbonyl (C=O) groups excluding carboxylic acids is 1. The fraction of sp³-hybridized carbons (Fsp3) is 0.750. The summed E-state index contributed by atoms with van der Waals surface area (Å²) >= 11 is 0. The van der Waals surface area contributed by atoms with E-state index < -0.39 is 7.37 Å². The number of hydrogen-bond acceptors (Lipinski definition) is 3. The molecule has 70 valence electrons. The maximum absolute atomic E-state index is 11.8. The lowest BCUT2D eigenvalue weighted by molar-refractivity contribution is 0.338. The second-order valence-electron chi connectivity index (χ2n) is 2.31. The molecule has 4 heteroatoms. The predicted octanol–water partition coefficient (Wildman–Crippen LogP) is 2.45. The summed E-state index contributed by atoms with van der Waals surface area (Å²) in [5.74, 6) is 1.71. The van der Waals surface area contributed by atoms with Crippen molar-refractivity contribution in [2.24, 2.45) is 0 Å². The third-order valence-corrected chi connectivity index (χ3v) is 4.36. The fourth-order valence-electron chi connectivity index (χ4n) is 0.951. The SMILES string of the molecule is CCOP(=O)(CC)C(=C=O)CC. The normalized spacial score (nSPS) is 14.9. The minimum absolute atomic E-state index is 0.284. The molecule has 0 aliphatic heterocycles. The molecule has 0 aromatic heterocycles. The highest BCUT2D eigenvalue weighted by Gasteiger charge is 2.25. The predicted molar refractivity (Wildman–Crippen MR) is 49.3 cm³/mol. The van der Waals surface area contributed by atoms with Crippen LogP contribution >= 0.6 is 7.37 Å². The number of hydrogen-bond donors (Lipinski definition) is 0. The maximum Gasteiger partial charge on any atom is 0.238 e. The van der Waals surface area contributed by atoms with Crippen LogP contribution in [0.1, 0.15) is 27.2 Å². The van der Waals surface area contributed by atoms with E-state index >= 15 is 0 Å². The van der Waals surface area contributed by atoms with Gasteiger partial charge in [-0.05, 0) is 13.3 Å². The Hall–Kier alpha value is -0.360. The van der Waals surface area contributed by atoms with E-state index in [1.165, 1.54) is 0 Å². The minimum atomic E-state index is -2.82. The molecule has 0 spiro atoms. The molecule has 12 heavy (non-hydrogen) atoms. The lowest BCUT2D eigenvalue weighted by Gasteiger charge is -2.14. The first-order valence-electron chi connectivity index (χ1n) is 4.12. The van der Waals surface area contributed by atoms with Crippen molar-refractivity contribution < 1.29 is 13.9 Å². The van der Waals surface area contributed by atoms with Crippen molar-refractivity contribution in [2.45, 2.75) is 27.2 Å².